The molecule has 140 valence electrons. The van der Waals surface area contributed by atoms with Gasteiger partial charge < -0.3 is 16.0 Å². The molecule has 1 aromatic rings. The maximum Gasteiger partial charge on any atom is 0.233 e. The van der Waals surface area contributed by atoms with Gasteiger partial charge in [0.05, 0.1) is 11.6 Å². The molecule has 1 aromatic heterocycles. The first-order valence-corrected chi connectivity index (χ1v) is 9.80. The van der Waals surface area contributed by atoms with Crippen molar-refractivity contribution in [2.45, 2.75) is 38.6 Å². The van der Waals surface area contributed by atoms with E-state index in [0.29, 0.717) is 12.6 Å². The number of likely N-dealkylation sites (tertiary alicyclic amines) is 1. The summed E-state index contributed by atoms with van der Waals surface area (Å²) in [5.74, 6) is 0.925. The third kappa shape index (κ3) is 6.62. The molecule has 1 fully saturated rings. The Hall–Kier alpha value is -1.67. The van der Waals surface area contributed by atoms with Crippen LogP contribution in [0.3, 0.4) is 0 Å². The van der Waals surface area contributed by atoms with Crippen LogP contribution in [0.1, 0.15) is 29.7 Å². The minimum Gasteiger partial charge on any atom is -0.358 e. The Morgan fingerprint density at radius 1 is 1.44 bits per heavy atom. The number of amides is 1. The van der Waals surface area contributed by atoms with E-state index in [1.165, 1.54) is 9.88 Å². The molecule has 25 heavy (non-hydrogen) atoms. The minimum absolute atomic E-state index is 0.0808. The summed E-state index contributed by atoms with van der Waals surface area (Å²) in [4.78, 5) is 23.7. The number of piperidine rings is 1. The topological polar surface area (TPSA) is 81.7 Å². The molecular weight excluding hydrogens is 336 g/mol. The molecule has 0 aromatic carbocycles. The van der Waals surface area contributed by atoms with E-state index in [1.54, 1.807) is 25.4 Å². The maximum absolute atomic E-state index is 11.4. The summed E-state index contributed by atoms with van der Waals surface area (Å²) >= 11 is 1.79. The number of carbonyl (C=O) groups excluding carboxylic acids is 1. The van der Waals surface area contributed by atoms with Crippen molar-refractivity contribution in [2.75, 3.05) is 40.3 Å². The van der Waals surface area contributed by atoms with E-state index in [0.717, 1.165) is 51.3 Å². The number of rotatable bonds is 7. The second-order valence-electron chi connectivity index (χ2n) is 6.19. The van der Waals surface area contributed by atoms with Crippen molar-refractivity contribution in [3.63, 3.8) is 0 Å². The number of aryl methyl sites for hydroxylation is 1. The highest BCUT2D eigenvalue weighted by molar-refractivity contribution is 7.11. The molecule has 0 saturated carbocycles. The third-order valence-electron chi connectivity index (χ3n) is 4.38. The van der Waals surface area contributed by atoms with Crippen LogP contribution in [-0.2, 0) is 17.6 Å². The molecule has 1 aliphatic heterocycles. The molecule has 1 saturated heterocycles. The summed E-state index contributed by atoms with van der Waals surface area (Å²) in [6, 6.07) is 0.402. The third-order valence-corrected chi connectivity index (χ3v) is 5.58. The lowest BCUT2D eigenvalue weighted by Gasteiger charge is -2.32. The lowest BCUT2D eigenvalue weighted by molar-refractivity contribution is -0.122. The van der Waals surface area contributed by atoms with E-state index in [1.807, 2.05) is 6.20 Å². The highest BCUT2D eigenvalue weighted by atomic mass is 32.1. The average molecular weight is 367 g/mol. The van der Waals surface area contributed by atoms with Crippen molar-refractivity contribution >= 4 is 23.2 Å². The standard InChI is InChI=1S/C17H30N6OS/c1-4-14-11-21-16(25-14)5-8-20-17(19-3)22-13-6-9-23(10-7-13)12-15(24)18-2/h11,13H,4-10,12H2,1-3H3,(H,18,24)(H2,19,20,22). The first-order chi connectivity index (χ1) is 12.1. The van der Waals surface area contributed by atoms with Crippen LogP contribution in [0.15, 0.2) is 11.2 Å². The van der Waals surface area contributed by atoms with Crippen LogP contribution in [0.5, 0.6) is 0 Å². The van der Waals surface area contributed by atoms with Gasteiger partial charge >= 0.3 is 0 Å². The molecule has 1 aliphatic rings. The molecule has 3 N–H and O–H groups in total. The van der Waals surface area contributed by atoms with E-state index in [9.17, 15) is 4.79 Å². The quantitative estimate of drug-likeness (QED) is 0.487. The van der Waals surface area contributed by atoms with Gasteiger partial charge in [-0.1, -0.05) is 6.92 Å². The zero-order valence-corrected chi connectivity index (χ0v) is 16.3. The average Bonchev–Trinajstić information content (AvgIpc) is 3.10. The summed E-state index contributed by atoms with van der Waals surface area (Å²) in [5.41, 5.74) is 0. The fourth-order valence-corrected chi connectivity index (χ4v) is 3.68. The first-order valence-electron chi connectivity index (χ1n) is 8.98. The predicted octanol–water partition coefficient (Wildman–Crippen LogP) is 0.623. The Labute approximate surface area is 154 Å². The second kappa shape index (κ2) is 10.4. The Morgan fingerprint density at radius 3 is 2.80 bits per heavy atom. The van der Waals surface area contributed by atoms with Crippen molar-refractivity contribution in [3.05, 3.63) is 16.1 Å². The van der Waals surface area contributed by atoms with Gasteiger partial charge in [-0.25, -0.2) is 4.98 Å². The molecule has 0 radical (unpaired) electrons. The lowest BCUT2D eigenvalue weighted by atomic mass is 10.1. The van der Waals surface area contributed by atoms with Crippen LogP contribution < -0.4 is 16.0 Å². The number of guanidine groups is 1. The summed E-state index contributed by atoms with van der Waals surface area (Å²) in [5, 5.41) is 10.7. The van der Waals surface area contributed by atoms with Gasteiger partial charge in [0, 0.05) is 57.3 Å². The van der Waals surface area contributed by atoms with E-state index in [4.69, 9.17) is 0 Å². The normalized spacial score (nSPS) is 16.7. The Kier molecular flexibility index (Phi) is 8.14. The van der Waals surface area contributed by atoms with Gasteiger partial charge in [-0.05, 0) is 19.3 Å². The van der Waals surface area contributed by atoms with Crippen LogP contribution >= 0.6 is 11.3 Å². The number of aromatic nitrogens is 1. The fourth-order valence-electron chi connectivity index (χ4n) is 2.82. The van der Waals surface area contributed by atoms with Gasteiger partial charge in [0.15, 0.2) is 5.96 Å². The fraction of sp³-hybridized carbons (Fsp3) is 0.706. The van der Waals surface area contributed by atoms with Crippen LogP contribution in [0.2, 0.25) is 0 Å². The molecule has 2 heterocycles. The number of hydrogen-bond donors (Lipinski definition) is 3. The highest BCUT2D eigenvalue weighted by Gasteiger charge is 2.21. The number of likely N-dealkylation sites (N-methyl/N-ethyl adjacent to an activating group) is 1. The highest BCUT2D eigenvalue weighted by Crippen LogP contribution is 2.13. The first kappa shape index (κ1) is 19.7. The molecule has 8 heteroatoms. The summed E-state index contributed by atoms with van der Waals surface area (Å²) < 4.78 is 0. The molecule has 7 nitrogen and oxygen atoms in total. The number of nitrogens with zero attached hydrogens (tertiary/aromatic N) is 3. The largest absolute Gasteiger partial charge is 0.358 e. The molecule has 0 atom stereocenters. The Morgan fingerprint density at radius 2 is 2.20 bits per heavy atom. The lowest BCUT2D eigenvalue weighted by Crippen LogP contribution is -2.50. The predicted molar refractivity (Wildman–Crippen MR) is 103 cm³/mol. The number of aliphatic imine (C=N–C) groups is 1. The van der Waals surface area contributed by atoms with Crippen molar-refractivity contribution < 1.29 is 4.79 Å². The molecular formula is C17H30N6OS. The maximum atomic E-state index is 11.4. The second-order valence-corrected chi connectivity index (χ2v) is 7.39. The van der Waals surface area contributed by atoms with Gasteiger partial charge in [-0.15, -0.1) is 11.3 Å². The molecule has 0 bridgehead atoms. The van der Waals surface area contributed by atoms with Crippen molar-refractivity contribution in [2.24, 2.45) is 4.99 Å². The SMILES string of the molecule is CCc1cnc(CCNC(=NC)NC2CCN(CC(=O)NC)CC2)s1. The monoisotopic (exact) mass is 366 g/mol. The number of hydrogen-bond acceptors (Lipinski definition) is 5. The minimum atomic E-state index is 0.0808. The number of carbonyl (C=O) groups is 1. The smallest absolute Gasteiger partial charge is 0.233 e. The molecule has 0 unspecified atom stereocenters. The number of nitrogens with one attached hydrogen (secondary N) is 3. The molecule has 0 aliphatic carbocycles. The number of thiazole rings is 1. The van der Waals surface area contributed by atoms with Gasteiger partial charge in [-0.2, -0.15) is 0 Å². The van der Waals surface area contributed by atoms with Crippen LogP contribution in [-0.4, -0.2) is 68.1 Å². The zero-order chi connectivity index (χ0) is 18.1. The van der Waals surface area contributed by atoms with Gasteiger partial charge in [0.25, 0.3) is 0 Å². The van der Waals surface area contributed by atoms with Gasteiger partial charge in [0.2, 0.25) is 5.91 Å². The van der Waals surface area contributed by atoms with E-state index >= 15 is 0 Å². The van der Waals surface area contributed by atoms with Gasteiger partial charge in [-0.3, -0.25) is 14.7 Å². The van der Waals surface area contributed by atoms with E-state index in [-0.39, 0.29) is 5.91 Å². The van der Waals surface area contributed by atoms with Crippen molar-refractivity contribution in [1.29, 1.82) is 0 Å². The van der Waals surface area contributed by atoms with Crippen LogP contribution in [0.4, 0.5) is 0 Å². The van der Waals surface area contributed by atoms with Gasteiger partial charge in [0.1, 0.15) is 0 Å². The van der Waals surface area contributed by atoms with Crippen molar-refractivity contribution in [3.8, 4) is 0 Å². The van der Waals surface area contributed by atoms with Crippen molar-refractivity contribution in [1.82, 2.24) is 25.8 Å². The molecule has 1 amide bonds. The molecule has 2 rings (SSSR count). The van der Waals surface area contributed by atoms with Crippen LogP contribution in [0.25, 0.3) is 0 Å². The van der Waals surface area contributed by atoms with E-state index < -0.39 is 0 Å². The Bertz CT molecular complexity index is 565. The summed E-state index contributed by atoms with van der Waals surface area (Å²) in [6.45, 7) is 5.33. The summed E-state index contributed by atoms with van der Waals surface area (Å²) in [7, 11) is 3.48. The summed E-state index contributed by atoms with van der Waals surface area (Å²) in [6.07, 6.45) is 5.97. The van der Waals surface area contributed by atoms with E-state index in [2.05, 4.69) is 37.8 Å². The zero-order valence-electron chi connectivity index (χ0n) is 15.5. The molecule has 0 spiro atoms. The van der Waals surface area contributed by atoms with Crippen LogP contribution in [0, 0.1) is 0 Å². The Balaban J connectivity index is 1.67.